The van der Waals surface area contributed by atoms with Crippen LogP contribution in [-0.4, -0.2) is 18.2 Å². The maximum absolute atomic E-state index is 10.7. The lowest BCUT2D eigenvalue weighted by Gasteiger charge is -2.09. The molecule has 0 aromatic heterocycles. The molecule has 0 amide bonds. The van der Waals surface area contributed by atoms with E-state index in [4.69, 9.17) is 27.3 Å². The molecule has 6 heteroatoms. The number of carbonyl (C=O) groups is 1. The molecule has 0 bridgehead atoms. The van der Waals surface area contributed by atoms with Crippen LogP contribution in [0.25, 0.3) is 0 Å². The van der Waals surface area contributed by atoms with Crippen molar-refractivity contribution in [1.29, 1.82) is 0 Å². The van der Waals surface area contributed by atoms with Gasteiger partial charge in [0.15, 0.2) is 0 Å². The van der Waals surface area contributed by atoms with E-state index >= 15 is 0 Å². The Bertz CT molecular complexity index is 368. The minimum atomic E-state index is -1.10. The van der Waals surface area contributed by atoms with Gasteiger partial charge in [-0.3, -0.25) is 5.84 Å². The Hall–Kier alpha value is -1.46. The first-order valence-corrected chi connectivity index (χ1v) is 4.05. The molecule has 5 nitrogen and oxygen atoms in total. The quantitative estimate of drug-likeness (QED) is 0.524. The second-order valence-corrected chi connectivity index (χ2v) is 2.89. The van der Waals surface area contributed by atoms with Crippen LogP contribution in [0, 0.1) is 0 Å². The van der Waals surface area contributed by atoms with Crippen LogP contribution in [0.4, 0.5) is 5.69 Å². The molecule has 0 aliphatic heterocycles. The Morgan fingerprint density at radius 2 is 2.29 bits per heavy atom. The molecular formula is C8H9ClN2O3. The van der Waals surface area contributed by atoms with Gasteiger partial charge in [-0.05, 0) is 6.07 Å². The van der Waals surface area contributed by atoms with Crippen LogP contribution in [0.2, 0.25) is 5.02 Å². The number of hydrogen-bond acceptors (Lipinski definition) is 4. The van der Waals surface area contributed by atoms with Gasteiger partial charge in [0.1, 0.15) is 11.3 Å². The predicted molar refractivity (Wildman–Crippen MR) is 52.8 cm³/mol. The molecule has 76 valence electrons. The smallest absolute Gasteiger partial charge is 0.339 e. The molecule has 1 aromatic carbocycles. The number of hydrazine groups is 1. The summed E-state index contributed by atoms with van der Waals surface area (Å²) in [7, 11) is 1.37. The fraction of sp³-hybridized carbons (Fsp3) is 0.125. The molecule has 0 atom stereocenters. The minimum absolute atomic E-state index is 0.00324. The standard InChI is InChI=1S/C8H9ClN2O3/c1-14-7-3-6(11-10)5(9)2-4(7)8(12)13/h2-3,11H,10H2,1H3,(H,12,13). The Morgan fingerprint density at radius 3 is 2.71 bits per heavy atom. The topological polar surface area (TPSA) is 84.6 Å². The summed E-state index contributed by atoms with van der Waals surface area (Å²) in [5.74, 6) is 4.26. The van der Waals surface area contributed by atoms with Gasteiger partial charge >= 0.3 is 5.97 Å². The van der Waals surface area contributed by atoms with Crippen LogP contribution in [0.1, 0.15) is 10.4 Å². The Labute approximate surface area is 85.4 Å². The molecule has 1 aromatic rings. The minimum Gasteiger partial charge on any atom is -0.496 e. The van der Waals surface area contributed by atoms with Crippen molar-refractivity contribution >= 4 is 23.3 Å². The lowest BCUT2D eigenvalue weighted by molar-refractivity contribution is 0.0693. The summed E-state index contributed by atoms with van der Waals surface area (Å²) < 4.78 is 4.87. The van der Waals surface area contributed by atoms with Gasteiger partial charge in [0, 0.05) is 6.07 Å². The summed E-state index contributed by atoms with van der Waals surface area (Å²) in [6.45, 7) is 0. The number of benzene rings is 1. The molecule has 14 heavy (non-hydrogen) atoms. The highest BCUT2D eigenvalue weighted by Gasteiger charge is 2.14. The molecule has 1 rings (SSSR count). The van der Waals surface area contributed by atoms with Crippen molar-refractivity contribution in [3.05, 3.63) is 22.7 Å². The van der Waals surface area contributed by atoms with Crippen molar-refractivity contribution in [3.63, 3.8) is 0 Å². The molecule has 0 heterocycles. The molecule has 0 saturated heterocycles. The number of rotatable bonds is 3. The first-order chi connectivity index (χ1) is 6.60. The summed E-state index contributed by atoms with van der Waals surface area (Å²) in [5.41, 5.74) is 2.74. The summed E-state index contributed by atoms with van der Waals surface area (Å²) in [6, 6.07) is 2.70. The highest BCUT2D eigenvalue weighted by atomic mass is 35.5. The number of nitrogens with two attached hydrogens (primary N) is 1. The Kier molecular flexibility index (Phi) is 3.16. The van der Waals surface area contributed by atoms with E-state index in [0.29, 0.717) is 5.69 Å². The number of nitrogens with one attached hydrogen (secondary N) is 1. The van der Waals surface area contributed by atoms with E-state index in [1.54, 1.807) is 0 Å². The average molecular weight is 217 g/mol. The van der Waals surface area contributed by atoms with Gasteiger partial charge in [0.25, 0.3) is 0 Å². The van der Waals surface area contributed by atoms with E-state index in [1.165, 1.54) is 19.2 Å². The maximum atomic E-state index is 10.7. The highest BCUT2D eigenvalue weighted by Crippen LogP contribution is 2.30. The van der Waals surface area contributed by atoms with Gasteiger partial charge in [0.05, 0.1) is 17.8 Å². The number of methoxy groups -OCH3 is 1. The van der Waals surface area contributed by atoms with Crippen LogP contribution in [0.15, 0.2) is 12.1 Å². The third-order valence-corrected chi connectivity index (χ3v) is 1.99. The number of carboxylic acids is 1. The molecule has 0 aliphatic rings. The van der Waals surface area contributed by atoms with Crippen molar-refractivity contribution in [2.45, 2.75) is 0 Å². The predicted octanol–water partition coefficient (Wildman–Crippen LogP) is 1.33. The summed E-state index contributed by atoms with van der Waals surface area (Å²) in [4.78, 5) is 10.7. The van der Waals surface area contributed by atoms with Crippen molar-refractivity contribution in [1.82, 2.24) is 0 Å². The first-order valence-electron chi connectivity index (χ1n) is 3.67. The number of anilines is 1. The number of nitrogen functional groups attached to an aromatic ring is 1. The lowest BCUT2D eigenvalue weighted by atomic mass is 10.2. The fourth-order valence-corrected chi connectivity index (χ4v) is 1.22. The van der Waals surface area contributed by atoms with E-state index < -0.39 is 5.97 Å². The normalized spacial score (nSPS) is 9.64. The van der Waals surface area contributed by atoms with Crippen molar-refractivity contribution in [3.8, 4) is 5.75 Å². The fourth-order valence-electron chi connectivity index (χ4n) is 1.00. The third kappa shape index (κ3) is 1.89. The first kappa shape index (κ1) is 10.6. The summed E-state index contributed by atoms with van der Waals surface area (Å²) in [6.07, 6.45) is 0. The van der Waals surface area contributed by atoms with Crippen molar-refractivity contribution in [2.24, 2.45) is 5.84 Å². The number of ether oxygens (including phenoxy) is 1. The van der Waals surface area contributed by atoms with E-state index in [1.807, 2.05) is 0 Å². The zero-order chi connectivity index (χ0) is 10.7. The van der Waals surface area contributed by atoms with E-state index in [2.05, 4.69) is 5.43 Å². The third-order valence-electron chi connectivity index (χ3n) is 1.68. The van der Waals surface area contributed by atoms with Crippen molar-refractivity contribution < 1.29 is 14.6 Å². The molecule has 0 aliphatic carbocycles. The van der Waals surface area contributed by atoms with Crippen LogP contribution in [-0.2, 0) is 0 Å². The Morgan fingerprint density at radius 1 is 1.64 bits per heavy atom. The van der Waals surface area contributed by atoms with Crippen molar-refractivity contribution in [2.75, 3.05) is 12.5 Å². The van der Waals surface area contributed by atoms with Gasteiger partial charge in [0.2, 0.25) is 0 Å². The van der Waals surface area contributed by atoms with Gasteiger partial charge in [-0.2, -0.15) is 0 Å². The molecule has 0 saturated carbocycles. The zero-order valence-corrected chi connectivity index (χ0v) is 8.13. The maximum Gasteiger partial charge on any atom is 0.339 e. The monoisotopic (exact) mass is 216 g/mol. The molecular weight excluding hydrogens is 208 g/mol. The zero-order valence-electron chi connectivity index (χ0n) is 7.37. The van der Waals surface area contributed by atoms with E-state index in [9.17, 15) is 4.79 Å². The molecule has 0 spiro atoms. The van der Waals surface area contributed by atoms with Crippen LogP contribution >= 0.6 is 11.6 Å². The van der Waals surface area contributed by atoms with Gasteiger partial charge in [-0.15, -0.1) is 0 Å². The van der Waals surface area contributed by atoms with E-state index in [-0.39, 0.29) is 16.3 Å². The van der Waals surface area contributed by atoms with Crippen LogP contribution < -0.4 is 16.0 Å². The van der Waals surface area contributed by atoms with Crippen LogP contribution in [0.5, 0.6) is 5.75 Å². The largest absolute Gasteiger partial charge is 0.496 e. The Balaban J connectivity index is 3.31. The molecule has 0 unspecified atom stereocenters. The van der Waals surface area contributed by atoms with Gasteiger partial charge in [-0.1, -0.05) is 11.6 Å². The number of hydrogen-bond donors (Lipinski definition) is 3. The van der Waals surface area contributed by atoms with Gasteiger partial charge in [-0.25, -0.2) is 4.79 Å². The number of halogens is 1. The van der Waals surface area contributed by atoms with Crippen LogP contribution in [0.3, 0.4) is 0 Å². The molecule has 0 fully saturated rings. The number of carboxylic acid groups (broad SMARTS) is 1. The van der Waals surface area contributed by atoms with E-state index in [0.717, 1.165) is 0 Å². The number of aromatic carboxylic acids is 1. The second-order valence-electron chi connectivity index (χ2n) is 2.48. The average Bonchev–Trinajstić information content (AvgIpc) is 2.17. The SMILES string of the molecule is COc1cc(NN)c(Cl)cc1C(=O)O. The second kappa shape index (κ2) is 4.17. The summed E-state index contributed by atoms with van der Waals surface area (Å²) in [5, 5.41) is 9.02. The summed E-state index contributed by atoms with van der Waals surface area (Å²) >= 11 is 5.74. The molecule has 0 radical (unpaired) electrons. The lowest BCUT2D eigenvalue weighted by Crippen LogP contribution is -2.09. The highest BCUT2D eigenvalue weighted by molar-refractivity contribution is 6.33. The van der Waals surface area contributed by atoms with Gasteiger partial charge < -0.3 is 15.3 Å². The molecule has 4 N–H and O–H groups in total.